The van der Waals surface area contributed by atoms with Crippen LogP contribution in [0.4, 0.5) is 18.9 Å². The SMILES string of the molecule is FC(F)(F)c1ccccc1NCCCN1CCNCC1. The highest BCUT2D eigenvalue weighted by Crippen LogP contribution is 2.34. The first-order valence-corrected chi connectivity index (χ1v) is 6.90. The molecule has 0 spiro atoms. The summed E-state index contributed by atoms with van der Waals surface area (Å²) >= 11 is 0. The topological polar surface area (TPSA) is 27.3 Å². The van der Waals surface area contributed by atoms with Crippen LogP contribution in [0, 0.1) is 0 Å². The molecular formula is C14H20F3N3. The first-order valence-electron chi connectivity index (χ1n) is 6.90. The van der Waals surface area contributed by atoms with E-state index in [9.17, 15) is 13.2 Å². The molecule has 1 saturated heterocycles. The quantitative estimate of drug-likeness (QED) is 0.814. The van der Waals surface area contributed by atoms with Gasteiger partial charge in [0, 0.05) is 38.4 Å². The van der Waals surface area contributed by atoms with Crippen LogP contribution in [0.5, 0.6) is 0 Å². The molecule has 1 heterocycles. The van der Waals surface area contributed by atoms with Gasteiger partial charge in [-0.2, -0.15) is 13.2 Å². The van der Waals surface area contributed by atoms with Gasteiger partial charge in [-0.25, -0.2) is 0 Å². The van der Waals surface area contributed by atoms with E-state index < -0.39 is 11.7 Å². The summed E-state index contributed by atoms with van der Waals surface area (Å²) in [6.07, 6.45) is -3.46. The molecule has 2 N–H and O–H groups in total. The van der Waals surface area contributed by atoms with Crippen molar-refractivity contribution < 1.29 is 13.2 Å². The van der Waals surface area contributed by atoms with E-state index >= 15 is 0 Å². The monoisotopic (exact) mass is 287 g/mol. The van der Waals surface area contributed by atoms with Gasteiger partial charge in [0.15, 0.2) is 0 Å². The Balaban J connectivity index is 1.79. The van der Waals surface area contributed by atoms with Gasteiger partial charge in [-0.15, -0.1) is 0 Å². The first kappa shape index (κ1) is 15.1. The summed E-state index contributed by atoms with van der Waals surface area (Å²) < 4.78 is 38.4. The van der Waals surface area contributed by atoms with Gasteiger partial charge < -0.3 is 15.5 Å². The van der Waals surface area contributed by atoms with E-state index in [1.165, 1.54) is 12.1 Å². The number of halogens is 3. The number of alkyl halides is 3. The van der Waals surface area contributed by atoms with E-state index in [0.717, 1.165) is 45.2 Å². The molecule has 1 aliphatic rings. The van der Waals surface area contributed by atoms with Crippen LogP contribution in [-0.4, -0.2) is 44.2 Å². The summed E-state index contributed by atoms with van der Waals surface area (Å²) in [4.78, 5) is 2.33. The average molecular weight is 287 g/mol. The standard InChI is InChI=1S/C14H20F3N3/c15-14(16,17)12-4-1-2-5-13(12)19-6-3-9-20-10-7-18-8-11-20/h1-2,4-5,18-19H,3,6-11H2. The van der Waals surface area contributed by atoms with Gasteiger partial charge in [0.25, 0.3) is 0 Å². The number of nitrogens with zero attached hydrogens (tertiary/aromatic N) is 1. The summed E-state index contributed by atoms with van der Waals surface area (Å²) in [6.45, 7) is 5.48. The van der Waals surface area contributed by atoms with Gasteiger partial charge in [0.2, 0.25) is 0 Å². The lowest BCUT2D eigenvalue weighted by Gasteiger charge is -2.27. The van der Waals surface area contributed by atoms with Crippen molar-refractivity contribution in [2.45, 2.75) is 12.6 Å². The second-order valence-corrected chi connectivity index (χ2v) is 4.92. The fourth-order valence-electron chi connectivity index (χ4n) is 2.34. The number of rotatable bonds is 5. The van der Waals surface area contributed by atoms with E-state index in [0.29, 0.717) is 6.54 Å². The average Bonchev–Trinajstić information content (AvgIpc) is 2.44. The number of nitrogens with one attached hydrogen (secondary N) is 2. The maximum atomic E-state index is 12.8. The molecule has 0 saturated carbocycles. The lowest BCUT2D eigenvalue weighted by Crippen LogP contribution is -2.44. The number of anilines is 1. The molecule has 6 heteroatoms. The Morgan fingerprint density at radius 2 is 1.85 bits per heavy atom. The zero-order valence-electron chi connectivity index (χ0n) is 11.3. The molecule has 1 aliphatic heterocycles. The Kier molecular flexibility index (Phi) is 5.25. The zero-order valence-corrected chi connectivity index (χ0v) is 11.3. The van der Waals surface area contributed by atoms with Crippen LogP contribution in [-0.2, 0) is 6.18 Å². The summed E-state index contributed by atoms with van der Waals surface area (Å²) in [6, 6.07) is 5.62. The molecule has 20 heavy (non-hydrogen) atoms. The van der Waals surface area contributed by atoms with Crippen molar-refractivity contribution in [3.8, 4) is 0 Å². The van der Waals surface area contributed by atoms with E-state index in [2.05, 4.69) is 15.5 Å². The molecule has 0 atom stereocenters. The van der Waals surface area contributed by atoms with Crippen molar-refractivity contribution >= 4 is 5.69 Å². The molecule has 0 bridgehead atoms. The third kappa shape index (κ3) is 4.38. The van der Waals surface area contributed by atoms with Gasteiger partial charge >= 0.3 is 6.18 Å². The van der Waals surface area contributed by atoms with Crippen LogP contribution >= 0.6 is 0 Å². The van der Waals surface area contributed by atoms with Gasteiger partial charge in [-0.3, -0.25) is 0 Å². The van der Waals surface area contributed by atoms with Gasteiger partial charge in [0.05, 0.1) is 5.56 Å². The summed E-state index contributed by atoms with van der Waals surface area (Å²) in [5, 5.41) is 6.17. The Morgan fingerprint density at radius 1 is 1.15 bits per heavy atom. The van der Waals surface area contributed by atoms with Gasteiger partial charge in [0.1, 0.15) is 0 Å². The van der Waals surface area contributed by atoms with Crippen LogP contribution in [0.3, 0.4) is 0 Å². The third-order valence-corrected chi connectivity index (χ3v) is 3.41. The predicted octanol–water partition coefficient (Wildman–Crippen LogP) is 2.41. The molecule has 1 aromatic carbocycles. The van der Waals surface area contributed by atoms with Crippen LogP contribution in [0.1, 0.15) is 12.0 Å². The molecule has 112 valence electrons. The first-order chi connectivity index (χ1) is 9.57. The Hall–Kier alpha value is -1.27. The van der Waals surface area contributed by atoms with Crippen LogP contribution in [0.25, 0.3) is 0 Å². The van der Waals surface area contributed by atoms with Crippen LogP contribution in [0.15, 0.2) is 24.3 Å². The van der Waals surface area contributed by atoms with Crippen molar-refractivity contribution in [2.24, 2.45) is 0 Å². The number of hydrogen-bond acceptors (Lipinski definition) is 3. The third-order valence-electron chi connectivity index (χ3n) is 3.41. The summed E-state index contributed by atoms with van der Waals surface area (Å²) in [7, 11) is 0. The predicted molar refractivity (Wildman–Crippen MR) is 73.9 cm³/mol. The highest BCUT2D eigenvalue weighted by Gasteiger charge is 2.32. The fourth-order valence-corrected chi connectivity index (χ4v) is 2.34. The van der Waals surface area contributed by atoms with Crippen molar-refractivity contribution in [1.29, 1.82) is 0 Å². The van der Waals surface area contributed by atoms with E-state index in [4.69, 9.17) is 0 Å². The molecule has 0 unspecified atom stereocenters. The highest BCUT2D eigenvalue weighted by molar-refractivity contribution is 5.52. The van der Waals surface area contributed by atoms with Crippen molar-refractivity contribution in [3.05, 3.63) is 29.8 Å². The smallest absolute Gasteiger partial charge is 0.385 e. The minimum atomic E-state index is -4.30. The van der Waals surface area contributed by atoms with Crippen LogP contribution < -0.4 is 10.6 Å². The van der Waals surface area contributed by atoms with Gasteiger partial charge in [-0.05, 0) is 25.1 Å². The summed E-state index contributed by atoms with van der Waals surface area (Å²) in [5.74, 6) is 0. The molecule has 3 nitrogen and oxygen atoms in total. The number of hydrogen-bond donors (Lipinski definition) is 2. The molecule has 0 aromatic heterocycles. The van der Waals surface area contributed by atoms with Gasteiger partial charge in [-0.1, -0.05) is 12.1 Å². The summed E-state index contributed by atoms with van der Waals surface area (Å²) in [5.41, 5.74) is -0.428. The van der Waals surface area contributed by atoms with Crippen LogP contribution in [0.2, 0.25) is 0 Å². The maximum Gasteiger partial charge on any atom is 0.418 e. The van der Waals surface area contributed by atoms with Crippen molar-refractivity contribution in [2.75, 3.05) is 44.6 Å². The second-order valence-electron chi connectivity index (χ2n) is 4.92. The number of benzene rings is 1. The molecule has 1 aromatic rings. The fraction of sp³-hybridized carbons (Fsp3) is 0.571. The Labute approximate surface area is 117 Å². The second kappa shape index (κ2) is 6.95. The van der Waals surface area contributed by atoms with E-state index in [1.807, 2.05) is 0 Å². The van der Waals surface area contributed by atoms with E-state index in [-0.39, 0.29) is 5.69 Å². The largest absolute Gasteiger partial charge is 0.418 e. The minimum absolute atomic E-state index is 0.167. The minimum Gasteiger partial charge on any atom is -0.385 e. The normalized spacial score (nSPS) is 17.1. The van der Waals surface area contributed by atoms with Crippen molar-refractivity contribution in [1.82, 2.24) is 10.2 Å². The maximum absolute atomic E-state index is 12.8. The number of para-hydroxylation sites is 1. The lowest BCUT2D eigenvalue weighted by atomic mass is 10.1. The molecule has 0 amide bonds. The highest BCUT2D eigenvalue weighted by atomic mass is 19.4. The molecule has 0 radical (unpaired) electrons. The Bertz CT molecular complexity index is 414. The van der Waals surface area contributed by atoms with Crippen molar-refractivity contribution in [3.63, 3.8) is 0 Å². The zero-order chi connectivity index (χ0) is 14.4. The number of piperazine rings is 1. The lowest BCUT2D eigenvalue weighted by molar-refractivity contribution is -0.136. The molecule has 2 rings (SSSR count). The molecule has 0 aliphatic carbocycles. The molecular weight excluding hydrogens is 267 g/mol. The Morgan fingerprint density at radius 3 is 2.55 bits per heavy atom. The van der Waals surface area contributed by atoms with E-state index in [1.54, 1.807) is 6.07 Å². The molecule has 1 fully saturated rings.